The molecule has 1 fully saturated rings. The van der Waals surface area contributed by atoms with Crippen LogP contribution in [-0.2, 0) is 6.54 Å². The van der Waals surface area contributed by atoms with Crippen LogP contribution in [0.15, 0.2) is 11.6 Å². The van der Waals surface area contributed by atoms with Crippen LogP contribution >= 0.6 is 11.3 Å². The van der Waals surface area contributed by atoms with Gasteiger partial charge in [-0.1, -0.05) is 13.8 Å². The van der Waals surface area contributed by atoms with Crippen LogP contribution in [0.5, 0.6) is 0 Å². The first-order chi connectivity index (χ1) is 9.66. The number of anilines is 1. The van der Waals surface area contributed by atoms with Crippen molar-refractivity contribution in [1.29, 1.82) is 0 Å². The van der Waals surface area contributed by atoms with E-state index in [1.165, 1.54) is 30.8 Å². The van der Waals surface area contributed by atoms with Gasteiger partial charge in [0.2, 0.25) is 0 Å². The second-order valence-electron chi connectivity index (χ2n) is 6.01. The van der Waals surface area contributed by atoms with Crippen LogP contribution in [-0.4, -0.2) is 28.0 Å². The highest BCUT2D eigenvalue weighted by Gasteiger charge is 2.25. The molecule has 1 atom stereocenters. The van der Waals surface area contributed by atoms with E-state index in [9.17, 15) is 0 Å². The van der Waals surface area contributed by atoms with Gasteiger partial charge in [0, 0.05) is 36.8 Å². The number of aromatic nitrogens is 2. The van der Waals surface area contributed by atoms with Crippen LogP contribution in [0.1, 0.15) is 45.7 Å². The third kappa shape index (κ3) is 2.56. The third-order valence-corrected chi connectivity index (χ3v) is 4.85. The van der Waals surface area contributed by atoms with Crippen molar-refractivity contribution in [1.82, 2.24) is 14.7 Å². The van der Waals surface area contributed by atoms with Crippen molar-refractivity contribution < 1.29 is 0 Å². The van der Waals surface area contributed by atoms with E-state index in [0.717, 1.165) is 18.1 Å². The minimum absolute atomic E-state index is 0.491. The van der Waals surface area contributed by atoms with Crippen LogP contribution in [0.2, 0.25) is 0 Å². The summed E-state index contributed by atoms with van der Waals surface area (Å²) < 4.78 is 2.25. The quantitative estimate of drug-likeness (QED) is 0.938. The lowest BCUT2D eigenvalue weighted by atomic mass is 10.0. The lowest BCUT2D eigenvalue weighted by Gasteiger charge is -2.34. The number of nitrogens with one attached hydrogen (secondary N) is 1. The van der Waals surface area contributed by atoms with E-state index < -0.39 is 0 Å². The number of rotatable bonds is 4. The highest BCUT2D eigenvalue weighted by atomic mass is 32.1. The van der Waals surface area contributed by atoms with E-state index in [0.29, 0.717) is 12.1 Å². The van der Waals surface area contributed by atoms with Crippen molar-refractivity contribution in [3.63, 3.8) is 0 Å². The zero-order valence-electron chi connectivity index (χ0n) is 12.6. The smallest absolute Gasteiger partial charge is 0.195 e. The first-order valence-electron chi connectivity index (χ1n) is 7.61. The predicted molar refractivity (Wildman–Crippen MR) is 85.7 cm³/mol. The minimum Gasteiger partial charge on any atom is -0.352 e. The molecule has 1 unspecified atom stereocenters. The normalized spacial score (nSPS) is 20.2. The first kappa shape index (κ1) is 13.9. The minimum atomic E-state index is 0.491. The van der Waals surface area contributed by atoms with E-state index in [2.05, 4.69) is 47.0 Å². The summed E-state index contributed by atoms with van der Waals surface area (Å²) in [5.74, 6) is 1.19. The topological polar surface area (TPSA) is 32.6 Å². The maximum Gasteiger partial charge on any atom is 0.195 e. The molecule has 0 radical (unpaired) electrons. The average molecular weight is 292 g/mol. The Balaban J connectivity index is 1.95. The van der Waals surface area contributed by atoms with Crippen molar-refractivity contribution in [2.45, 2.75) is 58.7 Å². The Morgan fingerprint density at radius 3 is 3.05 bits per heavy atom. The van der Waals surface area contributed by atoms with E-state index in [1.807, 2.05) is 0 Å². The SMILES string of the molecule is CC(C)NCc1c(N2CCCCC2C)nc2sccn12. The van der Waals surface area contributed by atoms with Gasteiger partial charge in [-0.05, 0) is 26.2 Å². The van der Waals surface area contributed by atoms with E-state index in [4.69, 9.17) is 4.98 Å². The van der Waals surface area contributed by atoms with Crippen molar-refractivity contribution in [2.75, 3.05) is 11.4 Å². The van der Waals surface area contributed by atoms with Crippen LogP contribution in [0.25, 0.3) is 4.96 Å². The van der Waals surface area contributed by atoms with Gasteiger partial charge >= 0.3 is 0 Å². The second kappa shape index (κ2) is 5.74. The molecule has 2 aromatic heterocycles. The molecular weight excluding hydrogens is 268 g/mol. The molecule has 2 aromatic rings. The van der Waals surface area contributed by atoms with E-state index in [1.54, 1.807) is 11.3 Å². The van der Waals surface area contributed by atoms with Gasteiger partial charge in [-0.15, -0.1) is 11.3 Å². The number of thiazole rings is 1. The standard InChI is InChI=1S/C15H24N4S/c1-11(2)16-10-13-14(17-15-19(13)8-9-20-15)18-7-5-4-6-12(18)3/h8-9,11-12,16H,4-7,10H2,1-3H3. The Hall–Kier alpha value is -1.07. The number of hydrogen-bond acceptors (Lipinski definition) is 4. The third-order valence-electron chi connectivity index (χ3n) is 4.09. The van der Waals surface area contributed by atoms with Crippen molar-refractivity contribution >= 4 is 22.1 Å². The fourth-order valence-electron chi connectivity index (χ4n) is 2.93. The number of nitrogens with zero attached hydrogens (tertiary/aromatic N) is 3. The second-order valence-corrected chi connectivity index (χ2v) is 6.88. The summed E-state index contributed by atoms with van der Waals surface area (Å²) >= 11 is 1.72. The summed E-state index contributed by atoms with van der Waals surface area (Å²) in [7, 11) is 0. The molecule has 0 spiro atoms. The molecule has 5 heteroatoms. The molecule has 0 aliphatic carbocycles. The van der Waals surface area contributed by atoms with Crippen molar-refractivity contribution in [3.8, 4) is 0 Å². The molecule has 1 aliphatic rings. The molecular formula is C15H24N4S. The molecule has 3 heterocycles. The fourth-order valence-corrected chi connectivity index (χ4v) is 3.66. The van der Waals surface area contributed by atoms with Gasteiger partial charge in [0.25, 0.3) is 0 Å². The summed E-state index contributed by atoms with van der Waals surface area (Å²) in [5.41, 5.74) is 1.31. The van der Waals surface area contributed by atoms with Crippen LogP contribution in [0.4, 0.5) is 5.82 Å². The number of imidazole rings is 1. The highest BCUT2D eigenvalue weighted by molar-refractivity contribution is 7.15. The van der Waals surface area contributed by atoms with Gasteiger partial charge in [-0.25, -0.2) is 4.98 Å². The zero-order valence-corrected chi connectivity index (χ0v) is 13.4. The monoisotopic (exact) mass is 292 g/mol. The number of hydrogen-bond donors (Lipinski definition) is 1. The van der Waals surface area contributed by atoms with Gasteiger partial charge < -0.3 is 10.2 Å². The largest absolute Gasteiger partial charge is 0.352 e. The Morgan fingerprint density at radius 1 is 1.45 bits per heavy atom. The summed E-state index contributed by atoms with van der Waals surface area (Å²) in [6.45, 7) is 8.73. The number of piperidine rings is 1. The van der Waals surface area contributed by atoms with Gasteiger partial charge in [-0.3, -0.25) is 4.40 Å². The average Bonchev–Trinajstić information content (AvgIpc) is 2.97. The van der Waals surface area contributed by atoms with Gasteiger partial charge in [-0.2, -0.15) is 0 Å². The molecule has 0 aromatic carbocycles. The molecule has 110 valence electrons. The van der Waals surface area contributed by atoms with Crippen molar-refractivity contribution in [2.24, 2.45) is 0 Å². The van der Waals surface area contributed by atoms with Crippen LogP contribution < -0.4 is 10.2 Å². The lowest BCUT2D eigenvalue weighted by molar-refractivity contribution is 0.478. The van der Waals surface area contributed by atoms with Crippen LogP contribution in [0, 0.1) is 0 Å². The van der Waals surface area contributed by atoms with E-state index in [-0.39, 0.29) is 0 Å². The van der Waals surface area contributed by atoms with Gasteiger partial charge in [0.1, 0.15) is 0 Å². The molecule has 4 nitrogen and oxygen atoms in total. The molecule has 1 aliphatic heterocycles. The Morgan fingerprint density at radius 2 is 2.30 bits per heavy atom. The fraction of sp³-hybridized carbons (Fsp3) is 0.667. The Bertz CT molecular complexity index is 571. The van der Waals surface area contributed by atoms with Crippen molar-refractivity contribution in [3.05, 3.63) is 17.3 Å². The maximum atomic E-state index is 4.89. The summed E-state index contributed by atoms with van der Waals surface area (Å²) in [6, 6.07) is 1.09. The maximum absolute atomic E-state index is 4.89. The summed E-state index contributed by atoms with van der Waals surface area (Å²) in [5, 5.41) is 5.66. The highest BCUT2D eigenvalue weighted by Crippen LogP contribution is 2.29. The molecule has 1 N–H and O–H groups in total. The zero-order chi connectivity index (χ0) is 14.1. The Kier molecular flexibility index (Phi) is 3.98. The molecule has 1 saturated heterocycles. The van der Waals surface area contributed by atoms with Crippen LogP contribution in [0.3, 0.4) is 0 Å². The Labute approximate surface area is 124 Å². The molecule has 20 heavy (non-hydrogen) atoms. The molecule has 0 amide bonds. The molecule has 3 rings (SSSR count). The van der Waals surface area contributed by atoms with Gasteiger partial charge in [0.05, 0.1) is 5.69 Å². The molecule has 0 bridgehead atoms. The predicted octanol–water partition coefficient (Wildman–Crippen LogP) is 3.27. The summed E-state index contributed by atoms with van der Waals surface area (Å²) in [6.07, 6.45) is 6.05. The lowest BCUT2D eigenvalue weighted by Crippen LogP contribution is -2.38. The summed E-state index contributed by atoms with van der Waals surface area (Å²) in [4.78, 5) is 8.50. The number of fused-ring (bicyclic) bond motifs is 1. The molecule has 0 saturated carbocycles. The first-order valence-corrected chi connectivity index (χ1v) is 8.49. The van der Waals surface area contributed by atoms with Gasteiger partial charge in [0.15, 0.2) is 10.8 Å². The van der Waals surface area contributed by atoms with E-state index >= 15 is 0 Å².